The topological polar surface area (TPSA) is 74.7 Å². The molecule has 1 aliphatic heterocycles. The highest BCUT2D eigenvalue weighted by Crippen LogP contribution is 2.50. The Bertz CT molecular complexity index is 759. The van der Waals surface area contributed by atoms with Gasteiger partial charge in [0.05, 0.1) is 10.3 Å². The maximum absolute atomic E-state index is 13.3. The van der Waals surface area contributed by atoms with E-state index in [-0.39, 0.29) is 19.0 Å². The fraction of sp³-hybridized carbons (Fsp3) is 0.500. The third-order valence-electron chi connectivity index (χ3n) is 4.86. The third kappa shape index (κ3) is 2.33. The summed E-state index contributed by atoms with van der Waals surface area (Å²) in [7, 11) is -4.29. The summed E-state index contributed by atoms with van der Waals surface area (Å²) >= 11 is 0. The second kappa shape index (κ2) is 5.20. The Balaban J connectivity index is 1.98. The van der Waals surface area contributed by atoms with Crippen LogP contribution < -0.4 is 0 Å². The summed E-state index contributed by atoms with van der Waals surface area (Å²) in [6.07, 6.45) is 1.65. The molecule has 5 nitrogen and oxygen atoms in total. The number of fused-ring (bicyclic) bond motifs is 1. The van der Waals surface area contributed by atoms with Crippen LogP contribution in [0.2, 0.25) is 0 Å². The number of nitrogens with zero attached hydrogens (tertiary/aromatic N) is 1. The number of carbonyl (C=O) groups is 1. The van der Waals surface area contributed by atoms with Gasteiger partial charge >= 0.3 is 5.97 Å². The number of sulfonamides is 1. The highest BCUT2D eigenvalue weighted by molar-refractivity contribution is 7.89. The highest BCUT2D eigenvalue weighted by atomic mass is 32.2. The lowest BCUT2D eigenvalue weighted by atomic mass is 9.81. The Hall–Kier alpha value is -1.61. The molecule has 1 aliphatic carbocycles. The van der Waals surface area contributed by atoms with Gasteiger partial charge in [-0.05, 0) is 30.9 Å². The van der Waals surface area contributed by atoms with Crippen LogP contribution in [0.5, 0.6) is 0 Å². The van der Waals surface area contributed by atoms with Crippen LogP contribution in [0.4, 0.5) is 13.2 Å². The molecule has 0 aromatic heterocycles. The molecule has 0 radical (unpaired) electrons. The highest BCUT2D eigenvalue weighted by Gasteiger charge is 2.57. The molecular weight excluding hydrogens is 335 g/mol. The molecule has 2 aliphatic rings. The quantitative estimate of drug-likeness (QED) is 0.847. The van der Waals surface area contributed by atoms with Crippen molar-refractivity contribution in [1.82, 2.24) is 4.31 Å². The predicted octanol–water partition coefficient (Wildman–Crippen LogP) is 1.98. The minimum Gasteiger partial charge on any atom is -0.481 e. The molecular formula is C14H14F3NO4S. The Morgan fingerprint density at radius 2 is 1.87 bits per heavy atom. The van der Waals surface area contributed by atoms with Crippen LogP contribution in [-0.4, -0.2) is 36.9 Å². The normalized spacial score (nSPS) is 28.0. The first-order chi connectivity index (χ1) is 10.7. The van der Waals surface area contributed by atoms with Crippen LogP contribution in [0.25, 0.3) is 0 Å². The number of benzene rings is 1. The van der Waals surface area contributed by atoms with Crippen molar-refractivity contribution >= 4 is 16.0 Å². The maximum atomic E-state index is 13.3. The molecule has 1 saturated carbocycles. The van der Waals surface area contributed by atoms with Gasteiger partial charge in [0, 0.05) is 13.1 Å². The van der Waals surface area contributed by atoms with Gasteiger partial charge < -0.3 is 5.11 Å². The van der Waals surface area contributed by atoms with Gasteiger partial charge in [0.1, 0.15) is 0 Å². The molecule has 2 atom stereocenters. The van der Waals surface area contributed by atoms with Crippen molar-refractivity contribution in [2.45, 2.75) is 24.2 Å². The fourth-order valence-corrected chi connectivity index (χ4v) is 5.19. The smallest absolute Gasteiger partial charge is 0.311 e. The molecule has 0 spiro atoms. The van der Waals surface area contributed by atoms with Crippen molar-refractivity contribution in [1.29, 1.82) is 0 Å². The number of rotatable bonds is 3. The molecule has 1 heterocycles. The van der Waals surface area contributed by atoms with Crippen molar-refractivity contribution < 1.29 is 31.5 Å². The van der Waals surface area contributed by atoms with Gasteiger partial charge in [0.15, 0.2) is 17.5 Å². The van der Waals surface area contributed by atoms with E-state index in [9.17, 15) is 31.5 Å². The maximum Gasteiger partial charge on any atom is 0.311 e. The fourth-order valence-electron chi connectivity index (χ4n) is 3.61. The van der Waals surface area contributed by atoms with Crippen molar-refractivity contribution in [2.75, 3.05) is 13.1 Å². The average molecular weight is 349 g/mol. The van der Waals surface area contributed by atoms with Gasteiger partial charge in [-0.1, -0.05) is 6.42 Å². The lowest BCUT2D eigenvalue weighted by Crippen LogP contribution is -2.37. The molecule has 1 N–H and O–H groups in total. The van der Waals surface area contributed by atoms with Crippen molar-refractivity contribution in [2.24, 2.45) is 11.3 Å². The second-order valence-electron chi connectivity index (χ2n) is 6.05. The van der Waals surface area contributed by atoms with Gasteiger partial charge in [-0.25, -0.2) is 21.6 Å². The monoisotopic (exact) mass is 349 g/mol. The van der Waals surface area contributed by atoms with Crippen molar-refractivity contribution in [3.8, 4) is 0 Å². The lowest BCUT2D eigenvalue weighted by molar-refractivity contribution is -0.149. The second-order valence-corrected chi connectivity index (χ2v) is 7.99. The molecule has 1 aromatic carbocycles. The van der Waals surface area contributed by atoms with E-state index in [1.165, 1.54) is 0 Å². The Morgan fingerprint density at radius 3 is 2.39 bits per heavy atom. The number of carboxylic acid groups (broad SMARTS) is 1. The number of carboxylic acids is 1. The Labute approximate surface area is 130 Å². The molecule has 23 heavy (non-hydrogen) atoms. The van der Waals surface area contributed by atoms with Crippen LogP contribution in [0.1, 0.15) is 19.3 Å². The first kappa shape index (κ1) is 16.3. The van der Waals surface area contributed by atoms with Crippen LogP contribution >= 0.6 is 0 Å². The summed E-state index contributed by atoms with van der Waals surface area (Å²) in [5, 5.41) is 9.46. The molecule has 0 bridgehead atoms. The van der Waals surface area contributed by atoms with Crippen LogP contribution in [-0.2, 0) is 14.8 Å². The Morgan fingerprint density at radius 1 is 1.26 bits per heavy atom. The van der Waals surface area contributed by atoms with E-state index in [1.54, 1.807) is 0 Å². The zero-order chi connectivity index (χ0) is 17.0. The summed E-state index contributed by atoms with van der Waals surface area (Å²) in [5.74, 6) is -6.34. The molecule has 2 fully saturated rings. The Kier molecular flexibility index (Phi) is 3.68. The van der Waals surface area contributed by atoms with Gasteiger partial charge in [-0.3, -0.25) is 4.79 Å². The van der Waals surface area contributed by atoms with Gasteiger partial charge in [-0.15, -0.1) is 0 Å². The van der Waals surface area contributed by atoms with E-state index in [2.05, 4.69) is 0 Å². The average Bonchev–Trinajstić information content (AvgIpc) is 3.02. The summed E-state index contributed by atoms with van der Waals surface area (Å²) in [6, 6.07) is 0.824. The van der Waals surface area contributed by atoms with E-state index >= 15 is 0 Å². The minimum atomic E-state index is -4.29. The summed E-state index contributed by atoms with van der Waals surface area (Å²) in [4.78, 5) is 10.9. The predicted molar refractivity (Wildman–Crippen MR) is 72.5 cm³/mol. The summed E-state index contributed by atoms with van der Waals surface area (Å²) in [5.41, 5.74) is -1.15. The first-order valence-corrected chi connectivity index (χ1v) is 8.50. The number of hydrogen-bond acceptors (Lipinski definition) is 3. The van der Waals surface area contributed by atoms with E-state index < -0.39 is 43.8 Å². The van der Waals surface area contributed by atoms with Crippen LogP contribution in [0.3, 0.4) is 0 Å². The van der Waals surface area contributed by atoms with E-state index in [4.69, 9.17) is 0 Å². The zero-order valence-corrected chi connectivity index (χ0v) is 12.7. The molecule has 3 rings (SSSR count). The summed E-state index contributed by atoms with van der Waals surface area (Å²) in [6.45, 7) is -0.259. The molecule has 0 unspecified atom stereocenters. The van der Waals surface area contributed by atoms with Gasteiger partial charge in [-0.2, -0.15) is 4.31 Å². The number of hydrogen-bond donors (Lipinski definition) is 1. The summed E-state index contributed by atoms with van der Waals surface area (Å²) < 4.78 is 65.6. The molecule has 126 valence electrons. The number of aliphatic carboxylic acids is 1. The third-order valence-corrected chi connectivity index (χ3v) is 6.65. The first-order valence-electron chi connectivity index (χ1n) is 7.06. The molecule has 1 saturated heterocycles. The minimum absolute atomic E-state index is 0.0186. The SMILES string of the molecule is O=C(O)[C@@]12CCC[C@H]1CN(S(=O)(=O)c1cc(F)c(F)c(F)c1)C2. The van der Waals surface area contributed by atoms with Gasteiger partial charge in [0.25, 0.3) is 0 Å². The van der Waals surface area contributed by atoms with Crippen molar-refractivity contribution in [3.63, 3.8) is 0 Å². The van der Waals surface area contributed by atoms with E-state index in [0.29, 0.717) is 31.4 Å². The van der Waals surface area contributed by atoms with Crippen LogP contribution in [0, 0.1) is 28.8 Å². The number of halogens is 3. The largest absolute Gasteiger partial charge is 0.481 e. The molecule has 9 heteroatoms. The van der Waals surface area contributed by atoms with Crippen molar-refractivity contribution in [3.05, 3.63) is 29.6 Å². The standard InChI is InChI=1S/C14H14F3NO4S/c15-10-4-9(5-11(16)12(10)17)23(21,22)18-6-8-2-1-3-14(8,7-18)13(19)20/h4-5,8H,1-3,6-7H2,(H,19,20)/t8-,14+/m0/s1. The molecule has 0 amide bonds. The molecule has 1 aromatic rings. The van der Waals surface area contributed by atoms with Gasteiger partial charge in [0.2, 0.25) is 10.0 Å². The van der Waals surface area contributed by atoms with E-state index in [0.717, 1.165) is 4.31 Å². The van der Waals surface area contributed by atoms with Crippen LogP contribution in [0.15, 0.2) is 17.0 Å². The zero-order valence-electron chi connectivity index (χ0n) is 11.9. The van der Waals surface area contributed by atoms with E-state index in [1.807, 2.05) is 0 Å². The lowest BCUT2D eigenvalue weighted by Gasteiger charge is -2.23.